The first-order chi connectivity index (χ1) is 9.65. The highest BCUT2D eigenvalue weighted by atomic mass is 32.1. The van der Waals surface area contributed by atoms with Gasteiger partial charge in [0.15, 0.2) is 0 Å². The van der Waals surface area contributed by atoms with E-state index in [9.17, 15) is 0 Å². The third-order valence-electron chi connectivity index (χ3n) is 3.71. The third-order valence-corrected chi connectivity index (χ3v) is 3.98. The molecular formula is C14H22N4OS. The summed E-state index contributed by atoms with van der Waals surface area (Å²) in [7, 11) is 1.64. The molecule has 2 rings (SSSR count). The lowest BCUT2D eigenvalue weighted by molar-refractivity contribution is 0.224. The number of anilines is 1. The lowest BCUT2D eigenvalue weighted by Gasteiger charge is -2.39. The van der Waals surface area contributed by atoms with Gasteiger partial charge in [-0.05, 0) is 12.5 Å². The van der Waals surface area contributed by atoms with Crippen molar-refractivity contribution in [3.63, 3.8) is 0 Å². The Labute approximate surface area is 125 Å². The molecule has 20 heavy (non-hydrogen) atoms. The van der Waals surface area contributed by atoms with Crippen molar-refractivity contribution < 1.29 is 4.74 Å². The van der Waals surface area contributed by atoms with E-state index in [1.54, 1.807) is 7.11 Å². The molecule has 1 aliphatic heterocycles. The molecule has 1 aliphatic rings. The van der Waals surface area contributed by atoms with Gasteiger partial charge in [-0.3, -0.25) is 4.90 Å². The highest BCUT2D eigenvalue weighted by molar-refractivity contribution is 7.80. The van der Waals surface area contributed by atoms with Crippen LogP contribution in [-0.2, 0) is 0 Å². The Morgan fingerprint density at radius 2 is 2.10 bits per heavy atom. The van der Waals surface area contributed by atoms with E-state index in [4.69, 9.17) is 22.7 Å². The summed E-state index contributed by atoms with van der Waals surface area (Å²) >= 11 is 5.15. The average Bonchev–Trinajstić information content (AvgIpc) is 2.48. The zero-order chi connectivity index (χ0) is 14.5. The summed E-state index contributed by atoms with van der Waals surface area (Å²) in [4.78, 5) is 9.70. The van der Waals surface area contributed by atoms with Crippen LogP contribution in [0.1, 0.15) is 13.3 Å². The molecule has 2 N–H and O–H groups in total. The molecule has 0 amide bonds. The first-order valence-electron chi connectivity index (χ1n) is 6.95. The van der Waals surface area contributed by atoms with Crippen molar-refractivity contribution in [3.8, 4) is 5.88 Å². The van der Waals surface area contributed by atoms with Gasteiger partial charge < -0.3 is 15.4 Å². The monoisotopic (exact) mass is 294 g/mol. The molecule has 1 atom stereocenters. The third kappa shape index (κ3) is 3.37. The van der Waals surface area contributed by atoms with Crippen LogP contribution in [0.2, 0.25) is 0 Å². The molecule has 1 saturated heterocycles. The van der Waals surface area contributed by atoms with Crippen molar-refractivity contribution in [2.24, 2.45) is 5.73 Å². The van der Waals surface area contributed by atoms with Crippen LogP contribution in [0.4, 0.5) is 5.82 Å². The molecule has 0 bridgehead atoms. The Hall–Kier alpha value is -1.40. The zero-order valence-corrected chi connectivity index (χ0v) is 12.9. The number of nitrogens with zero attached hydrogens (tertiary/aromatic N) is 3. The number of nitrogens with two attached hydrogens (primary N) is 1. The van der Waals surface area contributed by atoms with Crippen LogP contribution in [-0.4, -0.2) is 54.2 Å². The summed E-state index contributed by atoms with van der Waals surface area (Å²) in [5, 5.41) is 0. The maximum Gasteiger partial charge on any atom is 0.214 e. The molecule has 1 unspecified atom stereocenters. The fourth-order valence-electron chi connectivity index (χ4n) is 2.60. The van der Waals surface area contributed by atoms with Gasteiger partial charge in [-0.25, -0.2) is 0 Å². The van der Waals surface area contributed by atoms with E-state index in [-0.39, 0.29) is 6.04 Å². The molecule has 110 valence electrons. The molecule has 0 aliphatic carbocycles. The number of thiocarbonyl (C=S) groups is 1. The van der Waals surface area contributed by atoms with Crippen LogP contribution in [0.25, 0.3) is 0 Å². The summed E-state index contributed by atoms with van der Waals surface area (Å²) in [6, 6.07) is 6.06. The highest BCUT2D eigenvalue weighted by Crippen LogP contribution is 2.18. The predicted molar refractivity (Wildman–Crippen MR) is 85.4 cm³/mol. The minimum atomic E-state index is 0.213. The smallest absolute Gasteiger partial charge is 0.214 e. The molecule has 0 aromatic carbocycles. The Morgan fingerprint density at radius 3 is 2.65 bits per heavy atom. The molecule has 0 spiro atoms. The van der Waals surface area contributed by atoms with Crippen molar-refractivity contribution in [3.05, 3.63) is 18.2 Å². The Morgan fingerprint density at radius 1 is 1.40 bits per heavy atom. The van der Waals surface area contributed by atoms with Gasteiger partial charge in [-0.2, -0.15) is 4.98 Å². The topological polar surface area (TPSA) is 54.6 Å². The summed E-state index contributed by atoms with van der Waals surface area (Å²) in [5.41, 5.74) is 5.81. The lowest BCUT2D eigenvalue weighted by atomic mass is 10.1. The molecule has 0 radical (unpaired) electrons. The van der Waals surface area contributed by atoms with E-state index < -0.39 is 0 Å². The van der Waals surface area contributed by atoms with Gasteiger partial charge in [0.05, 0.1) is 18.1 Å². The van der Waals surface area contributed by atoms with Crippen molar-refractivity contribution in [1.82, 2.24) is 9.88 Å². The molecule has 2 heterocycles. The van der Waals surface area contributed by atoms with Gasteiger partial charge in [0.25, 0.3) is 0 Å². The Balaban J connectivity index is 1.98. The van der Waals surface area contributed by atoms with Gasteiger partial charge >= 0.3 is 0 Å². The maximum atomic E-state index is 5.81. The summed E-state index contributed by atoms with van der Waals surface area (Å²) in [6.45, 7) is 5.89. The SMILES string of the molecule is CCC(C(N)=S)N1CCN(c2cccc(OC)n2)CC1. The van der Waals surface area contributed by atoms with Gasteiger partial charge in [0.2, 0.25) is 5.88 Å². The van der Waals surface area contributed by atoms with Gasteiger partial charge in [-0.15, -0.1) is 0 Å². The van der Waals surface area contributed by atoms with Gasteiger partial charge in [0, 0.05) is 32.2 Å². The summed E-state index contributed by atoms with van der Waals surface area (Å²) in [5.74, 6) is 1.62. The normalized spacial score (nSPS) is 17.8. The van der Waals surface area contributed by atoms with Crippen LogP contribution >= 0.6 is 12.2 Å². The van der Waals surface area contributed by atoms with E-state index in [1.165, 1.54) is 0 Å². The molecule has 5 nitrogen and oxygen atoms in total. The van der Waals surface area contributed by atoms with Crippen LogP contribution in [0.15, 0.2) is 18.2 Å². The van der Waals surface area contributed by atoms with Crippen LogP contribution in [0.3, 0.4) is 0 Å². The Bertz CT molecular complexity index is 460. The number of aromatic nitrogens is 1. The van der Waals surface area contributed by atoms with E-state index in [0.29, 0.717) is 10.9 Å². The van der Waals surface area contributed by atoms with E-state index in [0.717, 1.165) is 38.4 Å². The van der Waals surface area contributed by atoms with E-state index in [2.05, 4.69) is 21.7 Å². The lowest BCUT2D eigenvalue weighted by Crippen LogP contribution is -2.53. The first-order valence-corrected chi connectivity index (χ1v) is 7.36. The fourth-order valence-corrected chi connectivity index (χ4v) is 2.91. The first kappa shape index (κ1) is 15.0. The summed E-state index contributed by atoms with van der Waals surface area (Å²) < 4.78 is 5.17. The zero-order valence-electron chi connectivity index (χ0n) is 12.1. The minimum absolute atomic E-state index is 0.213. The van der Waals surface area contributed by atoms with Gasteiger partial charge in [-0.1, -0.05) is 25.2 Å². The maximum absolute atomic E-state index is 5.81. The number of hydrogen-bond acceptors (Lipinski definition) is 5. The number of hydrogen-bond donors (Lipinski definition) is 1. The second-order valence-electron chi connectivity index (χ2n) is 4.89. The molecule has 0 saturated carbocycles. The highest BCUT2D eigenvalue weighted by Gasteiger charge is 2.24. The average molecular weight is 294 g/mol. The standard InChI is InChI=1S/C14H22N4OS/c1-3-11(14(15)20)17-7-9-18(10-8-17)12-5-4-6-13(16-12)19-2/h4-6,11H,3,7-10H2,1-2H3,(H2,15,20). The molecule has 6 heteroatoms. The second-order valence-corrected chi connectivity index (χ2v) is 5.36. The number of piperazine rings is 1. The Kier molecular flexibility index (Phi) is 5.14. The number of rotatable bonds is 5. The largest absolute Gasteiger partial charge is 0.481 e. The van der Waals surface area contributed by atoms with E-state index in [1.807, 2.05) is 18.2 Å². The van der Waals surface area contributed by atoms with E-state index >= 15 is 0 Å². The fraction of sp³-hybridized carbons (Fsp3) is 0.571. The molecule has 1 fully saturated rings. The van der Waals surface area contributed by atoms with Crippen molar-refractivity contribution in [2.75, 3.05) is 38.2 Å². The number of pyridine rings is 1. The quantitative estimate of drug-likeness (QED) is 0.826. The second kappa shape index (κ2) is 6.85. The van der Waals surface area contributed by atoms with Crippen molar-refractivity contribution in [2.45, 2.75) is 19.4 Å². The predicted octanol–water partition coefficient (Wildman–Crippen LogP) is 1.28. The molecule has 1 aromatic heterocycles. The van der Waals surface area contributed by atoms with Gasteiger partial charge in [0.1, 0.15) is 5.82 Å². The van der Waals surface area contributed by atoms with Crippen LogP contribution < -0.4 is 15.4 Å². The number of ether oxygens (including phenoxy) is 1. The molecular weight excluding hydrogens is 272 g/mol. The van der Waals surface area contributed by atoms with Crippen LogP contribution in [0, 0.1) is 0 Å². The molecule has 1 aromatic rings. The van der Waals surface area contributed by atoms with Crippen molar-refractivity contribution >= 4 is 23.0 Å². The minimum Gasteiger partial charge on any atom is -0.481 e. The summed E-state index contributed by atoms with van der Waals surface area (Å²) in [6.07, 6.45) is 0.965. The van der Waals surface area contributed by atoms with Crippen molar-refractivity contribution in [1.29, 1.82) is 0 Å². The van der Waals surface area contributed by atoms with Crippen LogP contribution in [0.5, 0.6) is 5.88 Å². The number of methoxy groups -OCH3 is 1.